The highest BCUT2D eigenvalue weighted by atomic mass is 32.2. The van der Waals surface area contributed by atoms with Crippen molar-refractivity contribution in [2.75, 3.05) is 38.0 Å². The summed E-state index contributed by atoms with van der Waals surface area (Å²) < 4.78 is 26.8. The molecule has 1 amide bonds. The summed E-state index contributed by atoms with van der Waals surface area (Å²) in [6, 6.07) is 6.52. The zero-order chi connectivity index (χ0) is 18.6. The van der Waals surface area contributed by atoms with Gasteiger partial charge in [0.25, 0.3) is 0 Å². The van der Waals surface area contributed by atoms with Crippen LogP contribution in [0.4, 0.5) is 5.69 Å². The lowest BCUT2D eigenvalue weighted by Gasteiger charge is -2.30. The molecular formula is C19H29N3O3S. The first-order valence-corrected chi connectivity index (χ1v) is 11.0. The first-order chi connectivity index (χ1) is 12.4. The highest BCUT2D eigenvalue weighted by Crippen LogP contribution is 2.22. The van der Waals surface area contributed by atoms with Crippen molar-refractivity contribution in [2.24, 2.45) is 5.92 Å². The average molecular weight is 380 g/mol. The van der Waals surface area contributed by atoms with Crippen LogP contribution in [0, 0.1) is 5.92 Å². The zero-order valence-corrected chi connectivity index (χ0v) is 16.3. The highest BCUT2D eigenvalue weighted by molar-refractivity contribution is 7.89. The fraction of sp³-hybridized carbons (Fsp3) is 0.632. The third-order valence-corrected chi connectivity index (χ3v) is 7.11. The van der Waals surface area contributed by atoms with Gasteiger partial charge >= 0.3 is 0 Å². The van der Waals surface area contributed by atoms with Gasteiger partial charge in [-0.15, -0.1) is 0 Å². The first-order valence-electron chi connectivity index (χ1n) is 9.57. The minimum atomic E-state index is -3.42. The maximum Gasteiger partial charge on any atom is 0.243 e. The molecule has 144 valence electrons. The summed E-state index contributed by atoms with van der Waals surface area (Å²) in [5, 5.41) is 2.87. The molecule has 2 saturated heterocycles. The van der Waals surface area contributed by atoms with Crippen LogP contribution < -0.4 is 5.32 Å². The summed E-state index contributed by atoms with van der Waals surface area (Å²) in [5.74, 6) is 0.585. The van der Waals surface area contributed by atoms with Crippen molar-refractivity contribution in [3.8, 4) is 0 Å². The molecule has 2 fully saturated rings. The maximum atomic E-state index is 12.6. The molecule has 0 spiro atoms. The predicted octanol–water partition coefficient (Wildman–Crippen LogP) is 2.53. The number of piperidine rings is 2. The van der Waals surface area contributed by atoms with Gasteiger partial charge in [0.15, 0.2) is 0 Å². The number of amides is 1. The van der Waals surface area contributed by atoms with Gasteiger partial charge in [0.2, 0.25) is 15.9 Å². The molecule has 3 rings (SSSR count). The van der Waals surface area contributed by atoms with Crippen LogP contribution in [0.5, 0.6) is 0 Å². The van der Waals surface area contributed by atoms with Gasteiger partial charge in [-0.1, -0.05) is 13.3 Å². The SMILES string of the molecule is C[C@H]1CCCN(CC(=O)Nc2ccc(S(=O)(=O)N3CCCCC3)cc2)C1. The molecule has 0 saturated carbocycles. The first kappa shape index (κ1) is 19.3. The number of carbonyl (C=O) groups is 1. The molecule has 0 aromatic heterocycles. The van der Waals surface area contributed by atoms with Crippen LogP contribution in [0.2, 0.25) is 0 Å². The van der Waals surface area contributed by atoms with E-state index in [1.165, 1.54) is 6.42 Å². The second kappa shape index (κ2) is 8.50. The van der Waals surface area contributed by atoms with Crippen molar-refractivity contribution in [2.45, 2.75) is 43.9 Å². The van der Waals surface area contributed by atoms with E-state index in [1.807, 2.05) is 0 Å². The van der Waals surface area contributed by atoms with E-state index in [-0.39, 0.29) is 5.91 Å². The lowest BCUT2D eigenvalue weighted by atomic mass is 10.0. The van der Waals surface area contributed by atoms with Crippen molar-refractivity contribution >= 4 is 21.6 Å². The quantitative estimate of drug-likeness (QED) is 0.853. The van der Waals surface area contributed by atoms with Crippen LogP contribution in [0.25, 0.3) is 0 Å². The van der Waals surface area contributed by atoms with Crippen LogP contribution in [-0.4, -0.2) is 56.3 Å². The Morgan fingerprint density at radius 1 is 1.08 bits per heavy atom. The molecule has 1 aromatic rings. The molecule has 2 heterocycles. The molecule has 6 nitrogen and oxygen atoms in total. The number of carbonyl (C=O) groups excluding carboxylic acids is 1. The molecule has 26 heavy (non-hydrogen) atoms. The Labute approximate surface area is 156 Å². The highest BCUT2D eigenvalue weighted by Gasteiger charge is 2.25. The molecule has 2 aliphatic rings. The van der Waals surface area contributed by atoms with E-state index in [0.29, 0.717) is 36.1 Å². The molecule has 0 bridgehead atoms. The van der Waals surface area contributed by atoms with Crippen molar-refractivity contribution in [1.82, 2.24) is 9.21 Å². The predicted molar refractivity (Wildman–Crippen MR) is 103 cm³/mol. The molecule has 0 aliphatic carbocycles. The van der Waals surface area contributed by atoms with E-state index in [4.69, 9.17) is 0 Å². The monoisotopic (exact) mass is 379 g/mol. The van der Waals surface area contributed by atoms with E-state index in [0.717, 1.165) is 38.8 Å². The molecule has 0 unspecified atom stereocenters. The summed E-state index contributed by atoms with van der Waals surface area (Å²) in [5.41, 5.74) is 0.637. The number of likely N-dealkylation sites (tertiary alicyclic amines) is 1. The average Bonchev–Trinajstić information content (AvgIpc) is 2.63. The van der Waals surface area contributed by atoms with Crippen molar-refractivity contribution in [3.63, 3.8) is 0 Å². The van der Waals surface area contributed by atoms with E-state index < -0.39 is 10.0 Å². The molecule has 1 aromatic carbocycles. The maximum absolute atomic E-state index is 12.6. The fourth-order valence-corrected chi connectivity index (χ4v) is 5.32. The van der Waals surface area contributed by atoms with Crippen LogP contribution in [0.15, 0.2) is 29.2 Å². The molecule has 0 radical (unpaired) electrons. The van der Waals surface area contributed by atoms with Gasteiger partial charge in [-0.2, -0.15) is 4.31 Å². The second-order valence-corrected chi connectivity index (χ2v) is 9.46. The molecule has 1 atom stereocenters. The summed E-state index contributed by atoms with van der Waals surface area (Å²) in [4.78, 5) is 14.7. The number of rotatable bonds is 5. The van der Waals surface area contributed by atoms with E-state index in [9.17, 15) is 13.2 Å². The lowest BCUT2D eigenvalue weighted by molar-refractivity contribution is -0.117. The van der Waals surface area contributed by atoms with Gasteiger partial charge in [0.05, 0.1) is 11.4 Å². The Morgan fingerprint density at radius 3 is 2.42 bits per heavy atom. The van der Waals surface area contributed by atoms with Crippen LogP contribution in [-0.2, 0) is 14.8 Å². The van der Waals surface area contributed by atoms with Crippen LogP contribution in [0.3, 0.4) is 0 Å². The normalized spacial score (nSPS) is 22.9. The standard InChI is InChI=1S/C19H29N3O3S/c1-16-6-5-11-21(14-16)15-19(23)20-17-7-9-18(10-8-17)26(24,25)22-12-3-2-4-13-22/h7-10,16H,2-6,11-15H2,1H3,(H,20,23)/t16-/m0/s1. The van der Waals surface area contributed by atoms with Crippen LogP contribution >= 0.6 is 0 Å². The minimum absolute atomic E-state index is 0.0502. The zero-order valence-electron chi connectivity index (χ0n) is 15.5. The number of hydrogen-bond donors (Lipinski definition) is 1. The van der Waals surface area contributed by atoms with Gasteiger partial charge in [-0.25, -0.2) is 8.42 Å². The Hall–Kier alpha value is -1.44. The van der Waals surface area contributed by atoms with Gasteiger partial charge in [0.1, 0.15) is 0 Å². The lowest BCUT2D eigenvalue weighted by Crippen LogP contribution is -2.39. The number of sulfonamides is 1. The van der Waals surface area contributed by atoms with Gasteiger partial charge in [-0.05, 0) is 62.4 Å². The Kier molecular flexibility index (Phi) is 6.32. The Morgan fingerprint density at radius 2 is 1.77 bits per heavy atom. The van der Waals surface area contributed by atoms with Crippen molar-refractivity contribution in [3.05, 3.63) is 24.3 Å². The van der Waals surface area contributed by atoms with Gasteiger partial charge in [0, 0.05) is 25.3 Å². The minimum Gasteiger partial charge on any atom is -0.325 e. The summed E-state index contributed by atoms with van der Waals surface area (Å²) in [7, 11) is -3.42. The van der Waals surface area contributed by atoms with Crippen LogP contribution in [0.1, 0.15) is 39.0 Å². The largest absolute Gasteiger partial charge is 0.325 e. The van der Waals surface area contributed by atoms with Crippen molar-refractivity contribution < 1.29 is 13.2 Å². The number of anilines is 1. The van der Waals surface area contributed by atoms with E-state index in [2.05, 4.69) is 17.1 Å². The summed E-state index contributed by atoms with van der Waals surface area (Å²) >= 11 is 0. The summed E-state index contributed by atoms with van der Waals surface area (Å²) in [6.07, 6.45) is 5.29. The number of hydrogen-bond acceptors (Lipinski definition) is 4. The Bertz CT molecular complexity index is 712. The smallest absolute Gasteiger partial charge is 0.243 e. The molecular weight excluding hydrogens is 350 g/mol. The van der Waals surface area contributed by atoms with Crippen molar-refractivity contribution in [1.29, 1.82) is 0 Å². The number of nitrogens with zero attached hydrogens (tertiary/aromatic N) is 2. The second-order valence-electron chi connectivity index (χ2n) is 7.52. The van der Waals surface area contributed by atoms with Gasteiger partial charge in [-0.3, -0.25) is 9.69 Å². The third-order valence-electron chi connectivity index (χ3n) is 5.20. The third kappa shape index (κ3) is 4.84. The summed E-state index contributed by atoms with van der Waals surface area (Å²) in [6.45, 7) is 5.71. The van der Waals surface area contributed by atoms with E-state index in [1.54, 1.807) is 28.6 Å². The number of benzene rings is 1. The molecule has 1 N–H and O–H groups in total. The topological polar surface area (TPSA) is 69.7 Å². The van der Waals surface area contributed by atoms with Gasteiger partial charge < -0.3 is 5.32 Å². The molecule has 7 heteroatoms. The number of nitrogens with one attached hydrogen (secondary N) is 1. The van der Waals surface area contributed by atoms with E-state index >= 15 is 0 Å². The fourth-order valence-electron chi connectivity index (χ4n) is 3.80. The Balaban J connectivity index is 1.57. The molecule has 2 aliphatic heterocycles.